The molecule has 1 aromatic carbocycles. The fraction of sp³-hybridized carbons (Fsp3) is 0.278. The van der Waals surface area contributed by atoms with E-state index in [1.165, 1.54) is 23.1 Å². The quantitative estimate of drug-likeness (QED) is 0.423. The summed E-state index contributed by atoms with van der Waals surface area (Å²) in [5.74, 6) is 1.49. The molecule has 3 aromatic rings. The zero-order valence-corrected chi connectivity index (χ0v) is 17.2. The van der Waals surface area contributed by atoms with Gasteiger partial charge >= 0.3 is 0 Å². The highest BCUT2D eigenvalue weighted by atomic mass is 32.2. The molecule has 0 atom stereocenters. The molecular formula is C18H20N6O2S2. The number of aromatic nitrogens is 5. The van der Waals surface area contributed by atoms with Crippen molar-refractivity contribution in [3.8, 4) is 5.75 Å². The van der Waals surface area contributed by atoms with Gasteiger partial charge in [0.2, 0.25) is 11.0 Å². The maximum atomic E-state index is 12.1. The second kappa shape index (κ2) is 9.47. The zero-order chi connectivity index (χ0) is 19.9. The molecule has 0 bridgehead atoms. The van der Waals surface area contributed by atoms with Gasteiger partial charge in [-0.3, -0.25) is 14.7 Å². The second-order valence-corrected chi connectivity index (χ2v) is 7.94. The van der Waals surface area contributed by atoms with Gasteiger partial charge in [0.1, 0.15) is 17.4 Å². The molecule has 0 aliphatic carbocycles. The SMILES string of the molecule is C=CCn1c(COc2ccccc2C)nnc1SCC(=O)Nc1nnc(C)s1. The van der Waals surface area contributed by atoms with E-state index in [2.05, 4.69) is 32.3 Å². The Bertz CT molecular complexity index is 969. The van der Waals surface area contributed by atoms with Crippen molar-refractivity contribution in [3.63, 3.8) is 0 Å². The highest BCUT2D eigenvalue weighted by Gasteiger charge is 2.15. The molecule has 146 valence electrons. The molecule has 2 aromatic heterocycles. The summed E-state index contributed by atoms with van der Waals surface area (Å²) in [6.07, 6.45) is 1.76. The van der Waals surface area contributed by atoms with E-state index in [-0.39, 0.29) is 18.3 Å². The highest BCUT2D eigenvalue weighted by Crippen LogP contribution is 2.21. The average Bonchev–Trinajstić information content (AvgIpc) is 3.26. The Morgan fingerprint density at radius 2 is 2.11 bits per heavy atom. The fourth-order valence-corrected chi connectivity index (χ4v) is 3.71. The van der Waals surface area contributed by atoms with Gasteiger partial charge in [0, 0.05) is 6.54 Å². The summed E-state index contributed by atoms with van der Waals surface area (Å²) in [5.41, 5.74) is 1.05. The Hall–Kier alpha value is -2.72. The van der Waals surface area contributed by atoms with Crippen LogP contribution in [0, 0.1) is 13.8 Å². The fourth-order valence-electron chi connectivity index (χ4n) is 2.34. The van der Waals surface area contributed by atoms with Gasteiger partial charge in [0.15, 0.2) is 11.0 Å². The van der Waals surface area contributed by atoms with Crippen LogP contribution in [0.3, 0.4) is 0 Å². The van der Waals surface area contributed by atoms with Crippen LogP contribution in [0.15, 0.2) is 42.1 Å². The number of hydrogen-bond acceptors (Lipinski definition) is 8. The number of nitrogens with one attached hydrogen (secondary N) is 1. The van der Waals surface area contributed by atoms with Gasteiger partial charge in [-0.15, -0.1) is 27.0 Å². The van der Waals surface area contributed by atoms with E-state index in [4.69, 9.17) is 4.74 Å². The molecule has 0 fully saturated rings. The number of benzene rings is 1. The van der Waals surface area contributed by atoms with Gasteiger partial charge in [-0.25, -0.2) is 0 Å². The van der Waals surface area contributed by atoms with E-state index >= 15 is 0 Å². The first-order valence-electron chi connectivity index (χ1n) is 8.51. The number of carbonyl (C=O) groups excluding carboxylic acids is 1. The van der Waals surface area contributed by atoms with Gasteiger partial charge in [0.25, 0.3) is 0 Å². The Kier molecular flexibility index (Phi) is 6.77. The van der Waals surface area contributed by atoms with Crippen LogP contribution in [0.25, 0.3) is 0 Å². The molecule has 0 unspecified atom stereocenters. The minimum absolute atomic E-state index is 0.174. The number of rotatable bonds is 9. The van der Waals surface area contributed by atoms with Crippen LogP contribution < -0.4 is 10.1 Å². The number of para-hydroxylation sites is 1. The summed E-state index contributed by atoms with van der Waals surface area (Å²) >= 11 is 2.63. The van der Waals surface area contributed by atoms with Crippen LogP contribution in [0.4, 0.5) is 5.13 Å². The van der Waals surface area contributed by atoms with Gasteiger partial charge < -0.3 is 4.74 Å². The van der Waals surface area contributed by atoms with Crippen LogP contribution in [-0.4, -0.2) is 36.6 Å². The lowest BCUT2D eigenvalue weighted by atomic mass is 10.2. The van der Waals surface area contributed by atoms with E-state index in [1.54, 1.807) is 6.08 Å². The first-order valence-corrected chi connectivity index (χ1v) is 10.3. The number of carbonyl (C=O) groups is 1. The first-order chi connectivity index (χ1) is 13.6. The number of thioether (sulfide) groups is 1. The maximum Gasteiger partial charge on any atom is 0.236 e. The normalized spacial score (nSPS) is 10.6. The number of hydrogen-bond donors (Lipinski definition) is 1. The Morgan fingerprint density at radius 1 is 1.29 bits per heavy atom. The third kappa shape index (κ3) is 5.17. The lowest BCUT2D eigenvalue weighted by molar-refractivity contribution is -0.113. The number of amides is 1. The molecule has 1 N–H and O–H groups in total. The van der Waals surface area contributed by atoms with Crippen molar-refractivity contribution in [2.45, 2.75) is 32.2 Å². The van der Waals surface area contributed by atoms with Crippen molar-refractivity contribution in [2.75, 3.05) is 11.1 Å². The summed E-state index contributed by atoms with van der Waals surface area (Å²) in [6.45, 7) is 8.41. The Morgan fingerprint density at radius 3 is 2.82 bits per heavy atom. The summed E-state index contributed by atoms with van der Waals surface area (Å²) in [5, 5.41) is 20.8. The minimum Gasteiger partial charge on any atom is -0.485 e. The van der Waals surface area contributed by atoms with Crippen LogP contribution >= 0.6 is 23.1 Å². The number of aryl methyl sites for hydroxylation is 2. The minimum atomic E-state index is -0.174. The van der Waals surface area contributed by atoms with Gasteiger partial charge in [-0.1, -0.05) is 47.4 Å². The summed E-state index contributed by atoms with van der Waals surface area (Å²) in [7, 11) is 0. The number of allylic oxidation sites excluding steroid dienone is 1. The molecule has 0 saturated carbocycles. The van der Waals surface area contributed by atoms with Crippen molar-refractivity contribution in [1.82, 2.24) is 25.0 Å². The molecule has 0 radical (unpaired) electrons. The first kappa shape index (κ1) is 20.0. The number of ether oxygens (including phenoxy) is 1. The average molecular weight is 417 g/mol. The Balaban J connectivity index is 1.62. The van der Waals surface area contributed by atoms with Gasteiger partial charge in [-0.05, 0) is 25.5 Å². The highest BCUT2D eigenvalue weighted by molar-refractivity contribution is 7.99. The molecule has 0 aliphatic rings. The molecule has 0 aliphatic heterocycles. The summed E-state index contributed by atoms with van der Waals surface area (Å²) in [4.78, 5) is 12.1. The molecule has 3 rings (SSSR count). The molecule has 0 spiro atoms. The third-order valence-corrected chi connectivity index (χ3v) is 5.38. The molecule has 2 heterocycles. The third-order valence-electron chi connectivity index (χ3n) is 3.66. The van der Waals surface area contributed by atoms with Gasteiger partial charge in [0.05, 0.1) is 5.75 Å². The van der Waals surface area contributed by atoms with Crippen molar-refractivity contribution < 1.29 is 9.53 Å². The largest absolute Gasteiger partial charge is 0.485 e. The maximum absolute atomic E-state index is 12.1. The smallest absolute Gasteiger partial charge is 0.236 e. The van der Waals surface area contributed by atoms with Crippen LogP contribution in [0.5, 0.6) is 5.75 Å². The lowest BCUT2D eigenvalue weighted by Gasteiger charge is -2.10. The van der Waals surface area contributed by atoms with E-state index in [0.717, 1.165) is 16.3 Å². The standard InChI is InChI=1S/C18H20N6O2S2/c1-4-9-24-15(10-26-14-8-6-5-7-12(14)2)21-23-18(24)27-11-16(25)19-17-22-20-13(3)28-17/h4-8H,1,9-11H2,2-3H3,(H,19,22,25). The molecular weight excluding hydrogens is 396 g/mol. The van der Waals surface area contributed by atoms with Crippen molar-refractivity contribution in [1.29, 1.82) is 0 Å². The van der Waals surface area contributed by atoms with Crippen LogP contribution in [0.1, 0.15) is 16.4 Å². The summed E-state index contributed by atoms with van der Waals surface area (Å²) < 4.78 is 7.76. The molecule has 1 amide bonds. The van der Waals surface area contributed by atoms with Crippen LogP contribution in [0.2, 0.25) is 0 Å². The zero-order valence-electron chi connectivity index (χ0n) is 15.6. The predicted molar refractivity (Wildman–Crippen MR) is 110 cm³/mol. The van der Waals surface area contributed by atoms with Crippen molar-refractivity contribution >= 4 is 34.1 Å². The molecule has 0 saturated heterocycles. The monoisotopic (exact) mass is 416 g/mol. The molecule has 28 heavy (non-hydrogen) atoms. The van der Waals surface area contributed by atoms with Crippen LogP contribution in [-0.2, 0) is 17.9 Å². The van der Waals surface area contributed by atoms with Gasteiger partial charge in [-0.2, -0.15) is 0 Å². The molecule has 10 heteroatoms. The number of nitrogens with zero attached hydrogens (tertiary/aromatic N) is 5. The van der Waals surface area contributed by atoms with Crippen molar-refractivity contribution in [3.05, 3.63) is 53.3 Å². The van der Waals surface area contributed by atoms with E-state index in [9.17, 15) is 4.79 Å². The topological polar surface area (TPSA) is 94.8 Å². The second-order valence-electron chi connectivity index (χ2n) is 5.82. The van der Waals surface area contributed by atoms with Crippen molar-refractivity contribution in [2.24, 2.45) is 0 Å². The van der Waals surface area contributed by atoms with E-state index in [1.807, 2.05) is 42.7 Å². The Labute approximate surface area is 171 Å². The predicted octanol–water partition coefficient (Wildman–Crippen LogP) is 3.24. The van der Waals surface area contributed by atoms with E-state index < -0.39 is 0 Å². The number of anilines is 1. The summed E-state index contributed by atoms with van der Waals surface area (Å²) in [6, 6.07) is 7.79. The lowest BCUT2D eigenvalue weighted by Crippen LogP contribution is -2.15. The molecule has 8 nitrogen and oxygen atoms in total. The van der Waals surface area contributed by atoms with E-state index in [0.29, 0.717) is 22.7 Å².